The van der Waals surface area contributed by atoms with Crippen LogP contribution in [-0.4, -0.2) is 42.1 Å². The highest BCUT2D eigenvalue weighted by Crippen LogP contribution is 1.99. The summed E-state index contributed by atoms with van der Waals surface area (Å²) in [5.41, 5.74) is 0.882. The van der Waals surface area contributed by atoms with Crippen molar-refractivity contribution >= 4 is 11.8 Å². The molecule has 3 N–H and O–H groups in total. The van der Waals surface area contributed by atoms with Gasteiger partial charge in [-0.1, -0.05) is 11.8 Å². The molecule has 6 heteroatoms. The average Bonchev–Trinajstić information content (AvgIpc) is 2.45. The van der Waals surface area contributed by atoms with Crippen molar-refractivity contribution in [1.82, 2.24) is 15.6 Å². The summed E-state index contributed by atoms with van der Waals surface area (Å²) in [6.45, 7) is -0.0739. The number of carbonyl (C=O) groups excluding carboxylic acids is 2. The molecule has 100 valence electrons. The van der Waals surface area contributed by atoms with Crippen molar-refractivity contribution < 1.29 is 14.7 Å². The Morgan fingerprint density at radius 1 is 1.42 bits per heavy atom. The lowest BCUT2D eigenvalue weighted by Gasteiger charge is -2.03. The number of likely N-dealkylation sites (N-methyl/N-ethyl adjacent to an activating group) is 1. The number of nitrogens with one attached hydrogen (secondary N) is 2. The number of aromatic nitrogens is 1. The average molecular weight is 261 g/mol. The first-order valence-corrected chi connectivity index (χ1v) is 5.72. The molecule has 1 aromatic rings. The third kappa shape index (κ3) is 5.19. The van der Waals surface area contributed by atoms with Crippen LogP contribution in [0.3, 0.4) is 0 Å². The molecule has 2 amide bonds. The van der Waals surface area contributed by atoms with E-state index in [0.717, 1.165) is 0 Å². The predicted octanol–water partition coefficient (Wildman–Crippen LogP) is -0.709. The second kappa shape index (κ2) is 7.84. The maximum atomic E-state index is 11.6. The van der Waals surface area contributed by atoms with Gasteiger partial charge in [-0.2, -0.15) is 0 Å². The second-order valence-electron chi connectivity index (χ2n) is 3.56. The van der Waals surface area contributed by atoms with Crippen LogP contribution in [0.2, 0.25) is 0 Å². The highest BCUT2D eigenvalue weighted by atomic mass is 16.2. The molecule has 6 nitrogen and oxygen atoms in total. The highest BCUT2D eigenvalue weighted by molar-refractivity contribution is 5.94. The first-order chi connectivity index (χ1) is 9.17. The van der Waals surface area contributed by atoms with Gasteiger partial charge in [0.2, 0.25) is 5.91 Å². The molecule has 1 aromatic heterocycles. The Kier molecular flexibility index (Phi) is 6.06. The summed E-state index contributed by atoms with van der Waals surface area (Å²) in [4.78, 5) is 26.5. The van der Waals surface area contributed by atoms with Crippen LogP contribution < -0.4 is 10.6 Å². The molecule has 0 aliphatic heterocycles. The van der Waals surface area contributed by atoms with E-state index in [0.29, 0.717) is 12.0 Å². The molecule has 1 rings (SSSR count). The summed E-state index contributed by atoms with van der Waals surface area (Å²) in [7, 11) is 1.49. The summed E-state index contributed by atoms with van der Waals surface area (Å²) >= 11 is 0. The lowest BCUT2D eigenvalue weighted by Crippen LogP contribution is -2.35. The van der Waals surface area contributed by atoms with Gasteiger partial charge >= 0.3 is 0 Å². The number of amides is 2. The molecule has 0 aliphatic carbocycles. The SMILES string of the molecule is CNC(=O)CNC(=O)c1ccc(C#CCCO)cn1. The van der Waals surface area contributed by atoms with Crippen LogP contribution in [0.25, 0.3) is 0 Å². The quantitative estimate of drug-likeness (QED) is 0.624. The van der Waals surface area contributed by atoms with Gasteiger partial charge in [0.25, 0.3) is 5.91 Å². The third-order valence-electron chi connectivity index (χ3n) is 2.15. The fraction of sp³-hybridized carbons (Fsp3) is 0.308. The topological polar surface area (TPSA) is 91.3 Å². The number of pyridine rings is 1. The summed E-state index contributed by atoms with van der Waals surface area (Å²) in [6.07, 6.45) is 1.87. The molecule has 0 saturated heterocycles. The Hall–Kier alpha value is -2.39. The molecular weight excluding hydrogens is 246 g/mol. The number of carbonyl (C=O) groups is 2. The number of aliphatic hydroxyl groups excluding tert-OH is 1. The van der Waals surface area contributed by atoms with Gasteiger partial charge < -0.3 is 15.7 Å². The highest BCUT2D eigenvalue weighted by Gasteiger charge is 2.07. The molecular formula is C13H15N3O3. The fourth-order valence-corrected chi connectivity index (χ4v) is 1.16. The molecule has 0 atom stereocenters. The number of rotatable bonds is 4. The number of nitrogens with zero attached hydrogens (tertiary/aromatic N) is 1. The maximum absolute atomic E-state index is 11.6. The van der Waals surface area contributed by atoms with E-state index in [1.165, 1.54) is 19.3 Å². The van der Waals surface area contributed by atoms with E-state index in [-0.39, 0.29) is 24.8 Å². The van der Waals surface area contributed by atoms with Crippen LogP contribution >= 0.6 is 0 Å². The van der Waals surface area contributed by atoms with E-state index in [1.54, 1.807) is 6.07 Å². The first kappa shape index (κ1) is 14.7. The number of hydrogen-bond donors (Lipinski definition) is 3. The lowest BCUT2D eigenvalue weighted by atomic mass is 10.2. The van der Waals surface area contributed by atoms with E-state index >= 15 is 0 Å². The smallest absolute Gasteiger partial charge is 0.270 e. The number of hydrogen-bond acceptors (Lipinski definition) is 4. The molecule has 0 radical (unpaired) electrons. The van der Waals surface area contributed by atoms with E-state index in [4.69, 9.17) is 5.11 Å². The molecule has 0 fully saturated rings. The molecule has 0 unspecified atom stereocenters. The lowest BCUT2D eigenvalue weighted by molar-refractivity contribution is -0.119. The van der Waals surface area contributed by atoms with E-state index < -0.39 is 5.91 Å². The third-order valence-corrected chi connectivity index (χ3v) is 2.15. The Bertz CT molecular complexity index is 500. The van der Waals surface area contributed by atoms with Crippen molar-refractivity contribution in [2.24, 2.45) is 0 Å². The molecule has 0 spiro atoms. The Balaban J connectivity index is 2.59. The van der Waals surface area contributed by atoms with Crippen LogP contribution in [0.15, 0.2) is 18.3 Å². The van der Waals surface area contributed by atoms with Gasteiger partial charge in [0, 0.05) is 25.2 Å². The molecule has 1 heterocycles. The van der Waals surface area contributed by atoms with E-state index in [2.05, 4.69) is 27.5 Å². The Morgan fingerprint density at radius 3 is 2.79 bits per heavy atom. The van der Waals surface area contributed by atoms with Gasteiger partial charge in [-0.3, -0.25) is 9.59 Å². The van der Waals surface area contributed by atoms with Crippen LogP contribution in [0.1, 0.15) is 22.5 Å². The van der Waals surface area contributed by atoms with Gasteiger partial charge in [0.15, 0.2) is 0 Å². The maximum Gasteiger partial charge on any atom is 0.270 e. The van der Waals surface area contributed by atoms with Crippen LogP contribution in [-0.2, 0) is 4.79 Å². The second-order valence-corrected chi connectivity index (χ2v) is 3.56. The van der Waals surface area contributed by atoms with Crippen molar-refractivity contribution in [3.8, 4) is 11.8 Å². The Labute approximate surface area is 111 Å². The summed E-state index contributed by atoms with van der Waals surface area (Å²) in [6, 6.07) is 3.19. The van der Waals surface area contributed by atoms with Crippen molar-refractivity contribution in [2.75, 3.05) is 20.2 Å². The standard InChI is InChI=1S/C13H15N3O3/c1-14-12(18)9-16-13(19)11-6-5-10(8-15-11)4-2-3-7-17/h5-6,8,17H,3,7,9H2,1H3,(H,14,18)(H,16,19). The van der Waals surface area contributed by atoms with Gasteiger partial charge in [0.05, 0.1) is 13.2 Å². The minimum atomic E-state index is -0.418. The fourth-order valence-electron chi connectivity index (χ4n) is 1.16. The van der Waals surface area contributed by atoms with E-state index in [9.17, 15) is 9.59 Å². The number of aliphatic hydroxyl groups is 1. The zero-order chi connectivity index (χ0) is 14.1. The molecule has 0 aromatic carbocycles. The van der Waals surface area contributed by atoms with Gasteiger partial charge in [-0.05, 0) is 12.1 Å². The van der Waals surface area contributed by atoms with Gasteiger partial charge in [-0.25, -0.2) is 4.98 Å². The summed E-state index contributed by atoms with van der Waals surface area (Å²) < 4.78 is 0. The van der Waals surface area contributed by atoms with Crippen LogP contribution in [0.5, 0.6) is 0 Å². The summed E-state index contributed by atoms with van der Waals surface area (Å²) in [5.74, 6) is 4.86. The van der Waals surface area contributed by atoms with Crippen molar-refractivity contribution in [1.29, 1.82) is 0 Å². The van der Waals surface area contributed by atoms with Crippen LogP contribution in [0, 0.1) is 11.8 Å². The normalized spacial score (nSPS) is 9.16. The van der Waals surface area contributed by atoms with Crippen LogP contribution in [0.4, 0.5) is 0 Å². The minimum Gasteiger partial charge on any atom is -0.395 e. The van der Waals surface area contributed by atoms with E-state index in [1.807, 2.05) is 0 Å². The molecule has 19 heavy (non-hydrogen) atoms. The van der Waals surface area contributed by atoms with Gasteiger partial charge in [-0.15, -0.1) is 0 Å². The monoisotopic (exact) mass is 261 g/mol. The zero-order valence-corrected chi connectivity index (χ0v) is 10.6. The van der Waals surface area contributed by atoms with Crippen molar-refractivity contribution in [3.63, 3.8) is 0 Å². The predicted molar refractivity (Wildman–Crippen MR) is 69.2 cm³/mol. The van der Waals surface area contributed by atoms with Gasteiger partial charge in [0.1, 0.15) is 5.69 Å². The van der Waals surface area contributed by atoms with Crippen molar-refractivity contribution in [3.05, 3.63) is 29.6 Å². The molecule has 0 bridgehead atoms. The summed E-state index contributed by atoms with van der Waals surface area (Å²) in [5, 5.41) is 13.4. The zero-order valence-electron chi connectivity index (χ0n) is 10.6. The largest absolute Gasteiger partial charge is 0.395 e. The Morgan fingerprint density at radius 2 is 2.21 bits per heavy atom. The minimum absolute atomic E-state index is 0.0143. The first-order valence-electron chi connectivity index (χ1n) is 5.72. The molecule has 0 aliphatic rings. The molecule has 0 saturated carbocycles. The van der Waals surface area contributed by atoms with Crippen molar-refractivity contribution in [2.45, 2.75) is 6.42 Å².